The van der Waals surface area contributed by atoms with E-state index in [0.717, 1.165) is 11.4 Å². The van der Waals surface area contributed by atoms with Crippen LogP contribution in [0.5, 0.6) is 0 Å². The van der Waals surface area contributed by atoms with E-state index in [-0.39, 0.29) is 10.8 Å². The van der Waals surface area contributed by atoms with E-state index in [2.05, 4.69) is 339 Å². The Labute approximate surface area is 524 Å². The van der Waals surface area contributed by atoms with Crippen LogP contribution in [0.1, 0.15) is 72.2 Å². The third kappa shape index (κ3) is 6.58. The van der Waals surface area contributed by atoms with Crippen molar-refractivity contribution < 1.29 is 0 Å². The zero-order chi connectivity index (χ0) is 59.8. The van der Waals surface area contributed by atoms with Crippen LogP contribution in [0.25, 0.3) is 93.5 Å². The van der Waals surface area contributed by atoms with Crippen molar-refractivity contribution in [2.75, 3.05) is 9.80 Å². The Balaban J connectivity index is 0.952. The molecule has 4 aliphatic rings. The van der Waals surface area contributed by atoms with Crippen molar-refractivity contribution in [1.82, 2.24) is 4.57 Å². The van der Waals surface area contributed by atoms with E-state index in [1.54, 1.807) is 0 Å². The maximum Gasteiger partial charge on any atom is 0.0754 e. The lowest BCUT2D eigenvalue weighted by molar-refractivity contribution is 0.632. The lowest BCUT2D eigenvalue weighted by atomic mass is 9.65. The maximum absolute atomic E-state index is 2.57. The van der Waals surface area contributed by atoms with Crippen LogP contribution in [0, 0.1) is 0 Å². The van der Waals surface area contributed by atoms with Crippen molar-refractivity contribution in [3.63, 3.8) is 0 Å². The van der Waals surface area contributed by atoms with Gasteiger partial charge in [0.15, 0.2) is 0 Å². The van der Waals surface area contributed by atoms with Gasteiger partial charge in [0, 0.05) is 44.1 Å². The highest BCUT2D eigenvalue weighted by atomic mass is 15.2. The van der Waals surface area contributed by atoms with Crippen molar-refractivity contribution in [3.05, 3.63) is 342 Å². The summed E-state index contributed by atoms with van der Waals surface area (Å²) < 4.78 is 2.55. The molecule has 0 amide bonds. The van der Waals surface area contributed by atoms with E-state index >= 15 is 0 Å². The number of hydrogen-bond donors (Lipinski definition) is 0. The van der Waals surface area contributed by atoms with E-state index in [4.69, 9.17) is 0 Å². The highest BCUT2D eigenvalue weighted by Gasteiger charge is 2.52. The third-order valence-electron chi connectivity index (χ3n) is 21.1. The van der Waals surface area contributed by atoms with Crippen LogP contribution in [0.15, 0.2) is 297 Å². The van der Waals surface area contributed by atoms with Gasteiger partial charge in [0.05, 0.1) is 44.9 Å². The summed E-state index contributed by atoms with van der Waals surface area (Å²) in [5.74, 6) is 0. The number of fused-ring (bicyclic) bond motifs is 18. The van der Waals surface area contributed by atoms with E-state index < -0.39 is 5.41 Å². The van der Waals surface area contributed by atoms with Crippen molar-refractivity contribution in [3.8, 4) is 50.2 Å². The number of para-hydroxylation sites is 9. The monoisotopic (exact) mass is 1150 g/mol. The van der Waals surface area contributed by atoms with Crippen LogP contribution in [0.2, 0.25) is 0 Å². The summed E-state index contributed by atoms with van der Waals surface area (Å²) in [6, 6.07) is 113. The summed E-state index contributed by atoms with van der Waals surface area (Å²) in [5.41, 5.74) is 29.9. The first-order chi connectivity index (χ1) is 44.2. The summed E-state index contributed by atoms with van der Waals surface area (Å²) in [4.78, 5) is 5.07. The van der Waals surface area contributed by atoms with Gasteiger partial charge >= 0.3 is 0 Å². The number of benzene rings is 14. The molecule has 1 aliphatic carbocycles. The fourth-order valence-electron chi connectivity index (χ4n) is 17.4. The average molecular weight is 1150 g/mol. The van der Waals surface area contributed by atoms with Gasteiger partial charge in [0.2, 0.25) is 0 Å². The molecule has 3 nitrogen and oxygen atoms in total. The van der Waals surface area contributed by atoms with Gasteiger partial charge in [-0.05, 0) is 154 Å². The molecule has 1 aromatic heterocycles. The molecule has 3 heteroatoms. The van der Waals surface area contributed by atoms with Crippen LogP contribution in [-0.2, 0) is 16.2 Å². The van der Waals surface area contributed by atoms with Crippen molar-refractivity contribution in [2.24, 2.45) is 0 Å². The van der Waals surface area contributed by atoms with Gasteiger partial charge in [-0.3, -0.25) is 0 Å². The lowest BCUT2D eigenvalue weighted by Gasteiger charge is -2.43. The summed E-state index contributed by atoms with van der Waals surface area (Å²) in [6.07, 6.45) is 0. The molecule has 0 saturated heterocycles. The second kappa shape index (κ2) is 18.5. The molecule has 0 bridgehead atoms. The molecule has 1 spiro atoms. The molecule has 90 heavy (non-hydrogen) atoms. The fraction of sp³-hybridized carbons (Fsp3) is 0.0805. The van der Waals surface area contributed by atoms with Crippen LogP contribution >= 0.6 is 0 Å². The van der Waals surface area contributed by atoms with Crippen molar-refractivity contribution in [1.29, 1.82) is 0 Å². The first kappa shape index (κ1) is 51.1. The second-order valence-electron chi connectivity index (χ2n) is 26.2. The molecule has 0 radical (unpaired) electrons. The van der Waals surface area contributed by atoms with Gasteiger partial charge in [0.25, 0.3) is 0 Å². The minimum Gasteiger partial charge on any atom is -0.309 e. The van der Waals surface area contributed by atoms with E-state index in [1.807, 2.05) is 0 Å². The number of anilines is 6. The van der Waals surface area contributed by atoms with Crippen LogP contribution in [0.3, 0.4) is 0 Å². The number of hydrogen-bond acceptors (Lipinski definition) is 2. The first-order valence-electron chi connectivity index (χ1n) is 31.8. The second-order valence-corrected chi connectivity index (χ2v) is 26.2. The van der Waals surface area contributed by atoms with E-state index in [9.17, 15) is 0 Å². The summed E-state index contributed by atoms with van der Waals surface area (Å²) >= 11 is 0. The standard InChI is InChI=1S/C87H61N3/c1-85(2)69-42-14-18-50-77(69)88(54-27-7-5-8-28-54)82-61(37-23-46-73(82)85)56-33-21-35-59-66(56)53-67-57(62-38-24-47-74-83(62)89(55-29-9-6-10-30-55)78-51-19-15-43-70(78)86(74,3)4)34-22-36-60(67)80(59)65-40-26-45-72-81(65)64-32-11-13-41-68(64)87(72)71-44-16-20-52-79(71)90-76-49-17-12-31-58(76)63-39-25-48-75(87)84(63)90/h5-53H,1-4H3. The van der Waals surface area contributed by atoms with Gasteiger partial charge in [-0.1, -0.05) is 270 Å². The number of aromatic nitrogens is 1. The molecule has 424 valence electrons. The lowest BCUT2D eigenvalue weighted by Crippen LogP contribution is -2.33. The maximum atomic E-state index is 2.57. The van der Waals surface area contributed by atoms with Crippen molar-refractivity contribution in [2.45, 2.75) is 43.9 Å². The topological polar surface area (TPSA) is 11.4 Å². The highest BCUT2D eigenvalue weighted by molar-refractivity contribution is 6.23. The van der Waals surface area contributed by atoms with Gasteiger partial charge in [0.1, 0.15) is 0 Å². The molecule has 3 aliphatic heterocycles. The van der Waals surface area contributed by atoms with Gasteiger partial charge < -0.3 is 14.4 Å². The van der Waals surface area contributed by atoms with Crippen LogP contribution in [0.4, 0.5) is 34.1 Å². The minimum atomic E-state index is -0.626. The van der Waals surface area contributed by atoms with Crippen LogP contribution < -0.4 is 9.80 Å². The Morgan fingerprint density at radius 3 is 1.24 bits per heavy atom. The van der Waals surface area contributed by atoms with Gasteiger partial charge in [-0.2, -0.15) is 0 Å². The molecule has 0 N–H and O–H groups in total. The Kier molecular flexibility index (Phi) is 10.5. The molecule has 4 heterocycles. The first-order valence-corrected chi connectivity index (χ1v) is 31.8. The largest absolute Gasteiger partial charge is 0.309 e. The third-order valence-corrected chi connectivity index (χ3v) is 21.1. The zero-order valence-corrected chi connectivity index (χ0v) is 50.6. The molecule has 15 aromatic rings. The normalized spacial score (nSPS) is 16.0. The summed E-state index contributed by atoms with van der Waals surface area (Å²) in [7, 11) is 0. The molecule has 1 atom stereocenters. The predicted molar refractivity (Wildman–Crippen MR) is 377 cm³/mol. The smallest absolute Gasteiger partial charge is 0.0754 e. The van der Waals surface area contributed by atoms with Gasteiger partial charge in [-0.15, -0.1) is 0 Å². The molecular formula is C87H61N3. The van der Waals surface area contributed by atoms with E-state index in [1.165, 1.54) is 161 Å². The molecule has 14 aromatic carbocycles. The zero-order valence-electron chi connectivity index (χ0n) is 50.6. The molecular weight excluding hydrogens is 1090 g/mol. The predicted octanol–water partition coefficient (Wildman–Crippen LogP) is 23.0. The molecule has 1 unspecified atom stereocenters. The quantitative estimate of drug-likeness (QED) is 0.159. The average Bonchev–Trinajstić information content (AvgIpc) is 1.46. The Morgan fingerprint density at radius 1 is 0.244 bits per heavy atom. The number of rotatable bonds is 5. The minimum absolute atomic E-state index is 0.295. The fourth-order valence-corrected chi connectivity index (χ4v) is 17.4. The summed E-state index contributed by atoms with van der Waals surface area (Å²) in [6.45, 7) is 9.62. The molecule has 0 saturated carbocycles. The SMILES string of the molecule is CC1(C)c2ccccc2N(c2ccccc2)c2c(-c3cccc4c(-c5cccc6c5-c5ccccc5C65c6ccccc6-n6c7ccccc7c7cccc5c76)c5cccc(-c6cccc7c6N(c6ccccc6)c6ccccc6C7(C)C)c5cc34)cccc21. The molecule has 0 fully saturated rings. The highest BCUT2D eigenvalue weighted by Crippen LogP contribution is 2.64. The van der Waals surface area contributed by atoms with E-state index in [0.29, 0.717) is 0 Å². The Morgan fingerprint density at radius 2 is 0.644 bits per heavy atom. The Hall–Kier alpha value is -11.0. The molecule has 19 rings (SSSR count). The van der Waals surface area contributed by atoms with Crippen LogP contribution in [-0.4, -0.2) is 4.57 Å². The summed E-state index contributed by atoms with van der Waals surface area (Å²) in [5, 5.41) is 7.39. The number of nitrogens with zero attached hydrogens (tertiary/aromatic N) is 3. The Bertz CT molecular complexity index is 5360. The van der Waals surface area contributed by atoms with Gasteiger partial charge in [-0.25, -0.2) is 0 Å². The van der Waals surface area contributed by atoms with Crippen molar-refractivity contribution >= 4 is 77.5 Å².